The summed E-state index contributed by atoms with van der Waals surface area (Å²) in [5.41, 5.74) is 6.47. The van der Waals surface area contributed by atoms with Crippen molar-refractivity contribution in [1.29, 1.82) is 0 Å². The Morgan fingerprint density at radius 1 is 1.00 bits per heavy atom. The second-order valence-electron chi connectivity index (χ2n) is 4.92. The summed E-state index contributed by atoms with van der Waals surface area (Å²) in [4.78, 5) is 0.241. The predicted molar refractivity (Wildman–Crippen MR) is 89.2 cm³/mol. The summed E-state index contributed by atoms with van der Waals surface area (Å²) < 4.78 is 27.0. The molecule has 0 aliphatic heterocycles. The van der Waals surface area contributed by atoms with Gasteiger partial charge >= 0.3 is 0 Å². The number of nitrogens with zero attached hydrogens (tertiary/aromatic N) is 1. The van der Waals surface area contributed by atoms with Gasteiger partial charge in [0, 0.05) is 18.1 Å². The molecule has 0 atom stereocenters. The Morgan fingerprint density at radius 2 is 1.64 bits per heavy atom. The summed E-state index contributed by atoms with van der Waals surface area (Å²) in [7, 11) is -3.57. The zero-order chi connectivity index (χ0) is 16.0. The molecule has 0 saturated carbocycles. The Balaban J connectivity index is 2.28. The molecular formula is C16H19ClN2O2S. The third-order valence-corrected chi connectivity index (χ3v) is 5.38. The summed E-state index contributed by atoms with van der Waals surface area (Å²) in [6.45, 7) is 1.16. The van der Waals surface area contributed by atoms with Crippen LogP contribution in [0.4, 0.5) is 0 Å². The molecule has 2 aromatic rings. The van der Waals surface area contributed by atoms with Crippen LogP contribution in [0.5, 0.6) is 0 Å². The van der Waals surface area contributed by atoms with Crippen molar-refractivity contribution in [1.82, 2.24) is 4.31 Å². The average Bonchev–Trinajstić information content (AvgIpc) is 2.52. The summed E-state index contributed by atoms with van der Waals surface area (Å²) in [5.74, 6) is 0. The van der Waals surface area contributed by atoms with Crippen LogP contribution in [0.25, 0.3) is 0 Å². The number of nitrogens with two attached hydrogens (primary N) is 1. The highest BCUT2D eigenvalue weighted by Crippen LogP contribution is 2.20. The van der Waals surface area contributed by atoms with Crippen LogP contribution in [-0.4, -0.2) is 25.8 Å². The fourth-order valence-corrected chi connectivity index (χ4v) is 3.69. The first-order valence-electron chi connectivity index (χ1n) is 7.04. The number of hydrogen-bond donors (Lipinski definition) is 1. The molecule has 0 heterocycles. The summed E-state index contributed by atoms with van der Waals surface area (Å²) >= 11 is 5.83. The standard InChI is InChI=1S/C16H19ClN2O2S/c17-15-7-9-16(10-8-15)22(20,21)19(12-4-11-18)13-14-5-2-1-3-6-14/h1-3,5-10H,4,11-13,18H2. The highest BCUT2D eigenvalue weighted by atomic mass is 35.5. The van der Waals surface area contributed by atoms with E-state index in [4.69, 9.17) is 17.3 Å². The second kappa shape index (κ2) is 7.74. The molecule has 22 heavy (non-hydrogen) atoms. The van der Waals surface area contributed by atoms with Gasteiger partial charge in [-0.2, -0.15) is 4.31 Å². The number of rotatable bonds is 7. The molecule has 6 heteroatoms. The molecule has 4 nitrogen and oxygen atoms in total. The molecule has 2 aromatic carbocycles. The SMILES string of the molecule is NCCCN(Cc1ccccc1)S(=O)(=O)c1ccc(Cl)cc1. The second-order valence-corrected chi connectivity index (χ2v) is 7.29. The third-order valence-electron chi connectivity index (χ3n) is 3.26. The minimum absolute atomic E-state index is 0.241. The Bertz CT molecular complexity index is 688. The lowest BCUT2D eigenvalue weighted by Gasteiger charge is -2.22. The smallest absolute Gasteiger partial charge is 0.243 e. The highest BCUT2D eigenvalue weighted by molar-refractivity contribution is 7.89. The largest absolute Gasteiger partial charge is 0.330 e. The number of benzene rings is 2. The van der Waals surface area contributed by atoms with Gasteiger partial charge in [-0.25, -0.2) is 8.42 Å². The first-order valence-corrected chi connectivity index (χ1v) is 8.85. The Labute approximate surface area is 136 Å². The number of hydrogen-bond acceptors (Lipinski definition) is 3. The predicted octanol–water partition coefficient (Wildman–Crippen LogP) is 2.88. The number of halogens is 1. The van der Waals surface area contributed by atoms with E-state index in [1.165, 1.54) is 16.4 Å². The Kier molecular flexibility index (Phi) is 5.97. The lowest BCUT2D eigenvalue weighted by molar-refractivity contribution is 0.402. The summed E-state index contributed by atoms with van der Waals surface area (Å²) in [5, 5.41) is 0.510. The maximum Gasteiger partial charge on any atom is 0.243 e. The van der Waals surface area contributed by atoms with Gasteiger partial charge in [0.15, 0.2) is 0 Å². The summed E-state index contributed by atoms with van der Waals surface area (Å²) in [6, 6.07) is 15.7. The van der Waals surface area contributed by atoms with E-state index in [0.29, 0.717) is 31.1 Å². The third kappa shape index (κ3) is 4.30. The maximum absolute atomic E-state index is 12.8. The molecule has 0 aliphatic carbocycles. The van der Waals surface area contributed by atoms with E-state index in [1.807, 2.05) is 30.3 Å². The van der Waals surface area contributed by atoms with Gasteiger partial charge < -0.3 is 5.73 Å². The monoisotopic (exact) mass is 338 g/mol. The zero-order valence-electron chi connectivity index (χ0n) is 12.2. The van der Waals surface area contributed by atoms with Gasteiger partial charge in [-0.1, -0.05) is 41.9 Å². The van der Waals surface area contributed by atoms with E-state index in [1.54, 1.807) is 12.1 Å². The van der Waals surface area contributed by atoms with Gasteiger partial charge in [0.2, 0.25) is 10.0 Å². The number of sulfonamides is 1. The molecule has 0 bridgehead atoms. The van der Waals surface area contributed by atoms with E-state index in [2.05, 4.69) is 0 Å². The van der Waals surface area contributed by atoms with Crippen LogP contribution in [0.2, 0.25) is 5.02 Å². The van der Waals surface area contributed by atoms with Crippen molar-refractivity contribution in [2.24, 2.45) is 5.73 Å². The van der Waals surface area contributed by atoms with Gasteiger partial charge in [0.05, 0.1) is 4.90 Å². The van der Waals surface area contributed by atoms with Gasteiger partial charge in [-0.15, -0.1) is 0 Å². The van der Waals surface area contributed by atoms with Crippen molar-refractivity contribution in [3.05, 3.63) is 65.2 Å². The van der Waals surface area contributed by atoms with Gasteiger partial charge in [-0.3, -0.25) is 0 Å². The fourth-order valence-electron chi connectivity index (χ4n) is 2.09. The highest BCUT2D eigenvalue weighted by Gasteiger charge is 2.24. The molecule has 0 radical (unpaired) electrons. The van der Waals surface area contributed by atoms with Crippen LogP contribution >= 0.6 is 11.6 Å². The van der Waals surface area contributed by atoms with E-state index < -0.39 is 10.0 Å². The van der Waals surface area contributed by atoms with Crippen LogP contribution in [0.15, 0.2) is 59.5 Å². The lowest BCUT2D eigenvalue weighted by atomic mass is 10.2. The molecular weight excluding hydrogens is 320 g/mol. The van der Waals surface area contributed by atoms with Crippen LogP contribution in [-0.2, 0) is 16.6 Å². The molecule has 0 saturated heterocycles. The van der Waals surface area contributed by atoms with Gasteiger partial charge in [0.25, 0.3) is 0 Å². The van der Waals surface area contributed by atoms with Crippen molar-refractivity contribution < 1.29 is 8.42 Å². The average molecular weight is 339 g/mol. The van der Waals surface area contributed by atoms with Crippen molar-refractivity contribution in [2.45, 2.75) is 17.9 Å². The van der Waals surface area contributed by atoms with Crippen LogP contribution in [0, 0.1) is 0 Å². The summed E-state index contributed by atoms with van der Waals surface area (Å²) in [6.07, 6.45) is 0.611. The van der Waals surface area contributed by atoms with Gasteiger partial charge in [-0.05, 0) is 42.8 Å². The van der Waals surface area contributed by atoms with E-state index >= 15 is 0 Å². The Morgan fingerprint density at radius 3 is 2.23 bits per heavy atom. The van der Waals surface area contributed by atoms with E-state index in [9.17, 15) is 8.42 Å². The topological polar surface area (TPSA) is 63.4 Å². The lowest BCUT2D eigenvalue weighted by Crippen LogP contribution is -2.32. The molecule has 0 spiro atoms. The van der Waals surface area contributed by atoms with Crippen molar-refractivity contribution >= 4 is 21.6 Å². The van der Waals surface area contributed by atoms with Crippen LogP contribution in [0.3, 0.4) is 0 Å². The molecule has 2 N–H and O–H groups in total. The molecule has 0 unspecified atom stereocenters. The normalized spacial score (nSPS) is 11.8. The Hall–Kier alpha value is -1.40. The van der Waals surface area contributed by atoms with E-state index in [0.717, 1.165) is 5.56 Å². The molecule has 0 fully saturated rings. The van der Waals surface area contributed by atoms with Crippen LogP contribution in [0.1, 0.15) is 12.0 Å². The molecule has 2 rings (SSSR count). The van der Waals surface area contributed by atoms with Crippen LogP contribution < -0.4 is 5.73 Å². The molecule has 0 aromatic heterocycles. The maximum atomic E-state index is 12.8. The van der Waals surface area contributed by atoms with E-state index in [-0.39, 0.29) is 4.90 Å². The molecule has 118 valence electrons. The molecule has 0 aliphatic rings. The van der Waals surface area contributed by atoms with Crippen molar-refractivity contribution in [2.75, 3.05) is 13.1 Å². The zero-order valence-corrected chi connectivity index (χ0v) is 13.7. The minimum Gasteiger partial charge on any atom is -0.330 e. The fraction of sp³-hybridized carbons (Fsp3) is 0.250. The van der Waals surface area contributed by atoms with Gasteiger partial charge in [0.1, 0.15) is 0 Å². The minimum atomic E-state index is -3.57. The van der Waals surface area contributed by atoms with Crippen molar-refractivity contribution in [3.63, 3.8) is 0 Å². The molecule has 0 amide bonds. The first-order chi connectivity index (χ1) is 10.5. The quantitative estimate of drug-likeness (QED) is 0.844. The van der Waals surface area contributed by atoms with Crippen molar-refractivity contribution in [3.8, 4) is 0 Å². The first kappa shape index (κ1) is 17.0.